The number of rotatable bonds is 5. The lowest BCUT2D eigenvalue weighted by atomic mass is 10.1. The number of hydrogen-bond donors (Lipinski definition) is 1. The van der Waals surface area contributed by atoms with Gasteiger partial charge in [-0.05, 0) is 49.4 Å². The van der Waals surface area contributed by atoms with Crippen molar-refractivity contribution in [2.24, 2.45) is 0 Å². The minimum atomic E-state index is -1.08. The fourth-order valence-corrected chi connectivity index (χ4v) is 2.03. The molecule has 0 fully saturated rings. The summed E-state index contributed by atoms with van der Waals surface area (Å²) < 4.78 is 18.2. The summed E-state index contributed by atoms with van der Waals surface area (Å²) in [6.07, 6.45) is 0. The van der Waals surface area contributed by atoms with Crippen molar-refractivity contribution >= 4 is 5.97 Å². The molecule has 0 aliphatic heterocycles. The Balaban J connectivity index is 2.01. The number of aryl methyl sites for hydroxylation is 1. The molecule has 106 valence electrons. The van der Waals surface area contributed by atoms with Gasteiger partial charge in [-0.3, -0.25) is 4.90 Å². The van der Waals surface area contributed by atoms with Crippen LogP contribution in [0.5, 0.6) is 0 Å². The van der Waals surface area contributed by atoms with Crippen LogP contribution in [0.4, 0.5) is 4.39 Å². The molecule has 1 N–H and O–H groups in total. The molecule has 0 bridgehead atoms. The molecular formula is C15H16FNO3. The largest absolute Gasteiger partial charge is 0.475 e. The molecule has 0 atom stereocenters. The number of benzene rings is 1. The average molecular weight is 277 g/mol. The molecule has 1 heterocycles. The van der Waals surface area contributed by atoms with Crippen LogP contribution in [0.15, 0.2) is 34.7 Å². The summed E-state index contributed by atoms with van der Waals surface area (Å²) in [5.41, 5.74) is 1.92. The maximum atomic E-state index is 13.0. The highest BCUT2D eigenvalue weighted by molar-refractivity contribution is 5.84. The van der Waals surface area contributed by atoms with Crippen LogP contribution >= 0.6 is 0 Å². The van der Waals surface area contributed by atoms with Gasteiger partial charge in [0.2, 0.25) is 5.76 Å². The molecule has 0 radical (unpaired) electrons. The second-order valence-corrected chi connectivity index (χ2v) is 4.81. The normalized spacial score (nSPS) is 11.0. The average Bonchev–Trinajstić information content (AvgIpc) is 2.81. The zero-order valence-corrected chi connectivity index (χ0v) is 11.4. The smallest absolute Gasteiger partial charge is 0.371 e. The molecule has 0 amide bonds. The van der Waals surface area contributed by atoms with Crippen LogP contribution < -0.4 is 0 Å². The first kappa shape index (κ1) is 14.3. The molecule has 0 unspecified atom stereocenters. The van der Waals surface area contributed by atoms with Crippen LogP contribution in [-0.2, 0) is 13.1 Å². The minimum Gasteiger partial charge on any atom is -0.475 e. The molecule has 5 heteroatoms. The lowest BCUT2D eigenvalue weighted by molar-refractivity contribution is 0.0658. The Kier molecular flexibility index (Phi) is 4.20. The van der Waals surface area contributed by atoms with Crippen molar-refractivity contribution in [1.29, 1.82) is 0 Å². The summed E-state index contributed by atoms with van der Waals surface area (Å²) in [7, 11) is 1.89. The van der Waals surface area contributed by atoms with E-state index < -0.39 is 5.97 Å². The maximum absolute atomic E-state index is 13.0. The third-order valence-corrected chi connectivity index (χ3v) is 3.04. The van der Waals surface area contributed by atoms with Crippen molar-refractivity contribution in [3.05, 3.63) is 58.8 Å². The first-order chi connectivity index (χ1) is 9.45. The van der Waals surface area contributed by atoms with Gasteiger partial charge in [-0.15, -0.1) is 0 Å². The molecule has 0 spiro atoms. The molecule has 0 saturated carbocycles. The summed E-state index contributed by atoms with van der Waals surface area (Å²) in [5, 5.41) is 8.79. The minimum absolute atomic E-state index is 0.0636. The van der Waals surface area contributed by atoms with E-state index in [1.165, 1.54) is 18.2 Å². The molecule has 1 aromatic heterocycles. The summed E-state index contributed by atoms with van der Waals surface area (Å²) in [6.45, 7) is 2.99. The van der Waals surface area contributed by atoms with Crippen molar-refractivity contribution in [2.75, 3.05) is 7.05 Å². The summed E-state index contributed by atoms with van der Waals surface area (Å²) >= 11 is 0. The number of carboxylic acid groups (broad SMARTS) is 1. The zero-order valence-electron chi connectivity index (χ0n) is 11.4. The summed E-state index contributed by atoms with van der Waals surface area (Å²) in [5.74, 6) is -0.796. The number of halogens is 1. The molecule has 0 aliphatic carbocycles. The highest BCUT2D eigenvalue weighted by Crippen LogP contribution is 2.15. The fraction of sp³-hybridized carbons (Fsp3) is 0.267. The van der Waals surface area contributed by atoms with E-state index in [1.54, 1.807) is 12.1 Å². The number of carbonyl (C=O) groups is 1. The van der Waals surface area contributed by atoms with E-state index >= 15 is 0 Å². The second kappa shape index (κ2) is 5.88. The lowest BCUT2D eigenvalue weighted by Crippen LogP contribution is -2.17. The van der Waals surface area contributed by atoms with Gasteiger partial charge in [-0.2, -0.15) is 0 Å². The third kappa shape index (κ3) is 3.45. The topological polar surface area (TPSA) is 53.7 Å². The quantitative estimate of drug-likeness (QED) is 0.912. The fourth-order valence-electron chi connectivity index (χ4n) is 2.03. The summed E-state index contributed by atoms with van der Waals surface area (Å²) in [4.78, 5) is 12.7. The van der Waals surface area contributed by atoms with E-state index in [1.807, 2.05) is 18.9 Å². The molecule has 0 saturated heterocycles. The van der Waals surface area contributed by atoms with E-state index in [4.69, 9.17) is 9.52 Å². The Morgan fingerprint density at radius 2 is 2.05 bits per heavy atom. The van der Waals surface area contributed by atoms with Crippen LogP contribution in [-0.4, -0.2) is 23.0 Å². The van der Waals surface area contributed by atoms with Crippen molar-refractivity contribution in [2.45, 2.75) is 20.0 Å². The molecule has 4 nitrogen and oxygen atoms in total. The summed E-state index contributed by atoms with van der Waals surface area (Å²) in [6, 6.07) is 7.78. The highest BCUT2D eigenvalue weighted by atomic mass is 19.1. The van der Waals surface area contributed by atoms with E-state index in [2.05, 4.69) is 0 Å². The predicted octanol–water partition coefficient (Wildman–Crippen LogP) is 3.06. The van der Waals surface area contributed by atoms with Crippen molar-refractivity contribution < 1.29 is 18.7 Å². The van der Waals surface area contributed by atoms with Gasteiger partial charge in [0.05, 0.1) is 6.54 Å². The number of hydrogen-bond acceptors (Lipinski definition) is 3. The van der Waals surface area contributed by atoms with Gasteiger partial charge in [0.25, 0.3) is 0 Å². The first-order valence-corrected chi connectivity index (χ1v) is 6.21. The van der Waals surface area contributed by atoms with Gasteiger partial charge in [-0.25, -0.2) is 9.18 Å². The SMILES string of the molecule is Cc1cc(F)ccc1CN(C)Cc1ccc(C(=O)O)o1. The van der Waals surface area contributed by atoms with Crippen LogP contribution in [0.25, 0.3) is 0 Å². The Morgan fingerprint density at radius 3 is 2.65 bits per heavy atom. The van der Waals surface area contributed by atoms with Crippen molar-refractivity contribution in [3.8, 4) is 0 Å². The Bertz CT molecular complexity index is 621. The highest BCUT2D eigenvalue weighted by Gasteiger charge is 2.11. The standard InChI is InChI=1S/C15H16FNO3/c1-10-7-12(16)4-3-11(10)8-17(2)9-13-5-6-14(20-13)15(18)19/h3-7H,8-9H2,1-2H3,(H,18,19). The van der Waals surface area contributed by atoms with E-state index in [0.29, 0.717) is 18.8 Å². The molecular weight excluding hydrogens is 261 g/mol. The number of furan rings is 1. The number of carboxylic acids is 1. The van der Waals surface area contributed by atoms with E-state index in [-0.39, 0.29) is 11.6 Å². The van der Waals surface area contributed by atoms with Crippen LogP contribution in [0, 0.1) is 12.7 Å². The predicted molar refractivity (Wildman–Crippen MR) is 72.0 cm³/mol. The molecule has 20 heavy (non-hydrogen) atoms. The van der Waals surface area contributed by atoms with E-state index in [0.717, 1.165) is 11.1 Å². The van der Waals surface area contributed by atoms with Gasteiger partial charge in [0.15, 0.2) is 0 Å². The van der Waals surface area contributed by atoms with Gasteiger partial charge < -0.3 is 9.52 Å². The monoisotopic (exact) mass is 277 g/mol. The third-order valence-electron chi connectivity index (χ3n) is 3.04. The van der Waals surface area contributed by atoms with Gasteiger partial charge in [-0.1, -0.05) is 6.07 Å². The Hall–Kier alpha value is -2.14. The van der Waals surface area contributed by atoms with Crippen LogP contribution in [0.3, 0.4) is 0 Å². The van der Waals surface area contributed by atoms with Gasteiger partial charge in [0.1, 0.15) is 11.6 Å². The number of nitrogens with zero attached hydrogens (tertiary/aromatic N) is 1. The maximum Gasteiger partial charge on any atom is 0.371 e. The Morgan fingerprint density at radius 1 is 1.30 bits per heavy atom. The number of aromatic carboxylic acids is 1. The second-order valence-electron chi connectivity index (χ2n) is 4.81. The van der Waals surface area contributed by atoms with Gasteiger partial charge in [0, 0.05) is 6.54 Å². The molecule has 2 rings (SSSR count). The molecule has 1 aromatic carbocycles. The van der Waals surface area contributed by atoms with Crippen molar-refractivity contribution in [1.82, 2.24) is 4.90 Å². The van der Waals surface area contributed by atoms with Crippen LogP contribution in [0.2, 0.25) is 0 Å². The molecule has 2 aromatic rings. The first-order valence-electron chi connectivity index (χ1n) is 6.21. The molecule has 0 aliphatic rings. The van der Waals surface area contributed by atoms with E-state index in [9.17, 15) is 9.18 Å². The zero-order chi connectivity index (χ0) is 14.7. The van der Waals surface area contributed by atoms with Crippen LogP contribution in [0.1, 0.15) is 27.4 Å². The Labute approximate surface area is 116 Å². The lowest BCUT2D eigenvalue weighted by Gasteiger charge is -2.16. The van der Waals surface area contributed by atoms with Gasteiger partial charge >= 0.3 is 5.97 Å². The van der Waals surface area contributed by atoms with Crippen molar-refractivity contribution in [3.63, 3.8) is 0 Å².